The van der Waals surface area contributed by atoms with Crippen molar-refractivity contribution >= 4 is 6.08 Å². The number of fused-ring (bicyclic) bond motifs is 5. The molecule has 1 aromatic carbocycles. The lowest BCUT2D eigenvalue weighted by atomic mass is 9.55. The Morgan fingerprint density at radius 3 is 2.86 bits per heavy atom. The van der Waals surface area contributed by atoms with E-state index in [1.807, 2.05) is 0 Å². The molecule has 2 saturated carbocycles. The van der Waals surface area contributed by atoms with E-state index >= 15 is 0 Å². The summed E-state index contributed by atoms with van der Waals surface area (Å²) in [6.45, 7) is 9.10. The summed E-state index contributed by atoms with van der Waals surface area (Å²) in [6, 6.07) is 7.18. The summed E-state index contributed by atoms with van der Waals surface area (Å²) in [5.74, 6) is 2.43. The molecule has 3 aliphatic rings. The van der Waals surface area contributed by atoms with Gasteiger partial charge in [0.1, 0.15) is 0 Å². The van der Waals surface area contributed by atoms with Crippen LogP contribution >= 0.6 is 0 Å². The van der Waals surface area contributed by atoms with Gasteiger partial charge in [0.2, 0.25) is 0 Å². The number of hydrogen-bond donors (Lipinski definition) is 0. The van der Waals surface area contributed by atoms with E-state index in [1.165, 1.54) is 44.1 Å². The predicted molar refractivity (Wildman–Crippen MR) is 94.9 cm³/mol. The largest absolute Gasteiger partial charge is 0.0995 e. The van der Waals surface area contributed by atoms with Crippen LogP contribution in [0.15, 0.2) is 36.4 Å². The lowest BCUT2D eigenvalue weighted by Crippen LogP contribution is -2.40. The molecule has 0 unspecified atom stereocenters. The van der Waals surface area contributed by atoms with Crippen LogP contribution in [0.5, 0.6) is 0 Å². The van der Waals surface area contributed by atoms with Crippen LogP contribution in [0, 0.1) is 17.3 Å². The number of rotatable bonds is 1. The van der Waals surface area contributed by atoms with Gasteiger partial charge in [-0.15, -0.1) is 0 Å². The Hall–Kier alpha value is -1.30. The smallest absolute Gasteiger partial charge is 0.0118 e. The zero-order valence-electron chi connectivity index (χ0n) is 14.1. The minimum Gasteiger partial charge on any atom is -0.0995 e. The molecule has 0 aliphatic heterocycles. The van der Waals surface area contributed by atoms with E-state index in [1.54, 1.807) is 16.7 Å². The Kier molecular flexibility index (Phi) is 3.33. The molecule has 0 heteroatoms. The van der Waals surface area contributed by atoms with Gasteiger partial charge < -0.3 is 0 Å². The van der Waals surface area contributed by atoms with Crippen LogP contribution in [0.3, 0.4) is 0 Å². The average Bonchev–Trinajstić information content (AvgIpc) is 2.83. The molecule has 1 aromatic rings. The molecule has 4 atom stereocenters. The second kappa shape index (κ2) is 5.11. The maximum atomic E-state index is 4.46. The molecule has 0 aromatic heterocycles. The first-order chi connectivity index (χ1) is 10.6. The molecule has 0 radical (unpaired) electrons. The maximum Gasteiger partial charge on any atom is -0.0118 e. The highest BCUT2D eigenvalue weighted by Gasteiger charge is 2.51. The molecule has 116 valence electrons. The minimum absolute atomic E-state index is 0.556. The lowest BCUT2D eigenvalue weighted by Gasteiger charge is -2.49. The van der Waals surface area contributed by atoms with Crippen LogP contribution in [0.1, 0.15) is 68.6 Å². The Labute approximate surface area is 135 Å². The topological polar surface area (TPSA) is 0 Å². The van der Waals surface area contributed by atoms with Crippen molar-refractivity contribution in [1.29, 1.82) is 0 Å². The van der Waals surface area contributed by atoms with Crippen molar-refractivity contribution in [3.8, 4) is 0 Å². The second-order valence-corrected chi connectivity index (χ2v) is 8.10. The highest BCUT2D eigenvalue weighted by atomic mass is 14.6. The third kappa shape index (κ3) is 2.03. The Morgan fingerprint density at radius 2 is 2.05 bits per heavy atom. The molecule has 0 N–H and O–H groups in total. The zero-order chi connectivity index (χ0) is 15.3. The van der Waals surface area contributed by atoms with Gasteiger partial charge in [0.05, 0.1) is 0 Å². The molecule has 0 bridgehead atoms. The first kappa shape index (κ1) is 14.3. The van der Waals surface area contributed by atoms with Crippen LogP contribution in [0.25, 0.3) is 6.08 Å². The van der Waals surface area contributed by atoms with Crippen molar-refractivity contribution in [2.24, 2.45) is 17.3 Å². The normalized spacial score (nSPS) is 37.0. The molecule has 3 aliphatic carbocycles. The number of aryl methyl sites for hydroxylation is 1. The van der Waals surface area contributed by atoms with Crippen LogP contribution in [-0.2, 0) is 6.42 Å². The predicted octanol–water partition coefficient (Wildman–Crippen LogP) is 6.13. The third-order valence-electron chi connectivity index (χ3n) is 6.85. The van der Waals surface area contributed by atoms with Crippen LogP contribution in [-0.4, -0.2) is 0 Å². The van der Waals surface area contributed by atoms with Crippen molar-refractivity contribution in [1.82, 2.24) is 0 Å². The SMILES string of the molecule is C=C1CC[C@@]2(C)CC[C@@H]3c4ccc(C=CC)cc4CC[C@H]3[C@H]12. The molecular weight excluding hydrogens is 264 g/mol. The minimum atomic E-state index is 0.556. The van der Waals surface area contributed by atoms with E-state index in [0.717, 1.165) is 17.8 Å². The molecule has 0 saturated heterocycles. The van der Waals surface area contributed by atoms with Gasteiger partial charge in [-0.2, -0.15) is 0 Å². The molecule has 0 heterocycles. The van der Waals surface area contributed by atoms with Crippen molar-refractivity contribution in [3.63, 3.8) is 0 Å². The third-order valence-corrected chi connectivity index (χ3v) is 6.85. The highest BCUT2D eigenvalue weighted by Crippen LogP contribution is 2.62. The molecule has 4 rings (SSSR count). The van der Waals surface area contributed by atoms with Crippen LogP contribution in [0.4, 0.5) is 0 Å². The summed E-state index contributed by atoms with van der Waals surface area (Å²) in [5.41, 5.74) is 6.76. The van der Waals surface area contributed by atoms with Crippen molar-refractivity contribution in [3.05, 3.63) is 53.1 Å². The van der Waals surface area contributed by atoms with Crippen LogP contribution in [0.2, 0.25) is 0 Å². The van der Waals surface area contributed by atoms with Crippen molar-refractivity contribution < 1.29 is 0 Å². The summed E-state index contributed by atoms with van der Waals surface area (Å²) < 4.78 is 0. The average molecular weight is 292 g/mol. The van der Waals surface area contributed by atoms with Gasteiger partial charge in [0.25, 0.3) is 0 Å². The summed E-state index contributed by atoms with van der Waals surface area (Å²) >= 11 is 0. The summed E-state index contributed by atoms with van der Waals surface area (Å²) in [6.07, 6.45) is 12.4. The quantitative estimate of drug-likeness (QED) is 0.546. The van der Waals surface area contributed by atoms with E-state index in [2.05, 4.69) is 50.8 Å². The Balaban J connectivity index is 1.71. The molecule has 0 amide bonds. The van der Waals surface area contributed by atoms with Gasteiger partial charge >= 0.3 is 0 Å². The number of allylic oxidation sites excluding steroid dienone is 2. The van der Waals surface area contributed by atoms with Crippen molar-refractivity contribution in [2.45, 2.75) is 58.3 Å². The molecular formula is C22H28. The van der Waals surface area contributed by atoms with Gasteiger partial charge in [-0.25, -0.2) is 0 Å². The van der Waals surface area contributed by atoms with E-state index in [9.17, 15) is 0 Å². The number of benzene rings is 1. The second-order valence-electron chi connectivity index (χ2n) is 8.10. The molecule has 0 spiro atoms. The van der Waals surface area contributed by atoms with E-state index in [0.29, 0.717) is 5.41 Å². The van der Waals surface area contributed by atoms with Gasteiger partial charge in [-0.1, -0.05) is 49.4 Å². The molecule has 2 fully saturated rings. The Morgan fingerprint density at radius 1 is 1.18 bits per heavy atom. The first-order valence-electron chi connectivity index (χ1n) is 9.05. The zero-order valence-corrected chi connectivity index (χ0v) is 14.1. The fraction of sp³-hybridized carbons (Fsp3) is 0.545. The monoisotopic (exact) mass is 292 g/mol. The molecule has 0 nitrogen and oxygen atoms in total. The lowest BCUT2D eigenvalue weighted by molar-refractivity contribution is 0.0779. The number of hydrogen-bond acceptors (Lipinski definition) is 0. The summed E-state index contributed by atoms with van der Waals surface area (Å²) in [5, 5.41) is 0. The van der Waals surface area contributed by atoms with Gasteiger partial charge in [-0.3, -0.25) is 0 Å². The van der Waals surface area contributed by atoms with Crippen molar-refractivity contribution in [2.75, 3.05) is 0 Å². The van der Waals surface area contributed by atoms with E-state index < -0.39 is 0 Å². The highest BCUT2D eigenvalue weighted by molar-refractivity contribution is 5.53. The first-order valence-corrected chi connectivity index (χ1v) is 9.05. The van der Waals surface area contributed by atoms with Gasteiger partial charge in [0.15, 0.2) is 0 Å². The summed E-state index contributed by atoms with van der Waals surface area (Å²) in [4.78, 5) is 0. The van der Waals surface area contributed by atoms with Gasteiger partial charge in [-0.05, 0) is 85.3 Å². The van der Waals surface area contributed by atoms with Gasteiger partial charge in [0, 0.05) is 0 Å². The van der Waals surface area contributed by atoms with E-state index in [4.69, 9.17) is 0 Å². The van der Waals surface area contributed by atoms with E-state index in [-0.39, 0.29) is 0 Å². The fourth-order valence-electron chi connectivity index (χ4n) is 5.86. The fourth-order valence-corrected chi connectivity index (χ4v) is 5.86. The van der Waals surface area contributed by atoms with Crippen LogP contribution < -0.4 is 0 Å². The maximum absolute atomic E-state index is 4.46. The molecule has 22 heavy (non-hydrogen) atoms. The summed E-state index contributed by atoms with van der Waals surface area (Å²) in [7, 11) is 0. The Bertz CT molecular complexity index is 635. The standard InChI is InChI=1S/C22H28/c1-4-5-16-6-8-18-17(14-16)7-9-20-19(18)11-13-22(3)12-10-15(2)21(20)22/h4-6,8,14,19-21H,2,7,9-13H2,1,3H3/t19-,20-,21+,22+/m1/s1.